The Hall–Kier alpha value is -0.570. The molecule has 1 saturated heterocycles. The van der Waals surface area contributed by atoms with E-state index in [0.717, 1.165) is 13.1 Å². The van der Waals surface area contributed by atoms with E-state index in [9.17, 15) is 5.11 Å². The van der Waals surface area contributed by atoms with Gasteiger partial charge in [0.1, 0.15) is 0 Å². The molecule has 0 spiro atoms. The van der Waals surface area contributed by atoms with Gasteiger partial charge >= 0.3 is 0 Å². The van der Waals surface area contributed by atoms with E-state index < -0.39 is 0 Å². The van der Waals surface area contributed by atoms with Gasteiger partial charge in [0.2, 0.25) is 0 Å². The van der Waals surface area contributed by atoms with Gasteiger partial charge in [-0.3, -0.25) is 0 Å². The minimum Gasteiger partial charge on any atom is -0.391 e. The van der Waals surface area contributed by atoms with Gasteiger partial charge in [0.15, 0.2) is 0 Å². The van der Waals surface area contributed by atoms with Crippen LogP contribution in [0.5, 0.6) is 0 Å². The summed E-state index contributed by atoms with van der Waals surface area (Å²) < 4.78 is 0. The minimum absolute atomic E-state index is 0. The van der Waals surface area contributed by atoms with Gasteiger partial charge in [-0.2, -0.15) is 0 Å². The average molecular weight is 200 g/mol. The number of nitrogens with one attached hydrogen (secondary N) is 1. The zero-order valence-electron chi connectivity index (χ0n) is 7.31. The molecule has 1 fully saturated rings. The van der Waals surface area contributed by atoms with Crippen LogP contribution in [0.1, 0.15) is 11.5 Å². The molecular formula is C10H14ClNO. The van der Waals surface area contributed by atoms with Crippen molar-refractivity contribution in [2.75, 3.05) is 13.1 Å². The second kappa shape index (κ2) is 4.61. The van der Waals surface area contributed by atoms with E-state index in [4.69, 9.17) is 0 Å². The van der Waals surface area contributed by atoms with Crippen molar-refractivity contribution in [1.29, 1.82) is 0 Å². The maximum atomic E-state index is 9.58. The number of rotatable bonds is 1. The van der Waals surface area contributed by atoms with Crippen molar-refractivity contribution in [1.82, 2.24) is 5.32 Å². The van der Waals surface area contributed by atoms with Crippen molar-refractivity contribution in [3.8, 4) is 0 Å². The first-order valence-corrected chi connectivity index (χ1v) is 4.31. The molecule has 1 aromatic carbocycles. The van der Waals surface area contributed by atoms with Crippen molar-refractivity contribution in [3.63, 3.8) is 0 Å². The lowest BCUT2D eigenvalue weighted by atomic mass is 9.96. The van der Waals surface area contributed by atoms with Crippen LogP contribution in [-0.2, 0) is 0 Å². The van der Waals surface area contributed by atoms with E-state index in [1.807, 2.05) is 18.2 Å². The first-order valence-electron chi connectivity index (χ1n) is 4.31. The molecule has 1 aliphatic rings. The number of aliphatic hydroxyl groups excluding tert-OH is 1. The molecule has 2 rings (SSSR count). The van der Waals surface area contributed by atoms with Gasteiger partial charge in [-0.25, -0.2) is 0 Å². The van der Waals surface area contributed by atoms with Gasteiger partial charge in [-0.15, -0.1) is 12.4 Å². The third-order valence-corrected chi connectivity index (χ3v) is 2.41. The summed E-state index contributed by atoms with van der Waals surface area (Å²) in [5, 5.41) is 12.8. The van der Waals surface area contributed by atoms with E-state index in [1.165, 1.54) is 5.56 Å². The summed E-state index contributed by atoms with van der Waals surface area (Å²) in [6.07, 6.45) is -0.215. The summed E-state index contributed by atoms with van der Waals surface area (Å²) >= 11 is 0. The predicted octanol–water partition coefficient (Wildman–Crippen LogP) is 1.16. The fourth-order valence-corrected chi connectivity index (χ4v) is 1.71. The average Bonchev–Trinajstić information content (AvgIpc) is 2.53. The first kappa shape index (κ1) is 10.5. The third kappa shape index (κ3) is 2.21. The summed E-state index contributed by atoms with van der Waals surface area (Å²) in [5.41, 5.74) is 1.23. The topological polar surface area (TPSA) is 32.3 Å². The first-order chi connectivity index (χ1) is 5.88. The molecule has 2 nitrogen and oxygen atoms in total. The molecule has 0 bridgehead atoms. The molecule has 1 heterocycles. The molecular weight excluding hydrogens is 186 g/mol. The van der Waals surface area contributed by atoms with Crippen molar-refractivity contribution >= 4 is 12.4 Å². The zero-order chi connectivity index (χ0) is 8.39. The van der Waals surface area contributed by atoms with Crippen LogP contribution < -0.4 is 5.32 Å². The summed E-state index contributed by atoms with van der Waals surface area (Å²) in [7, 11) is 0. The Morgan fingerprint density at radius 1 is 1.15 bits per heavy atom. The van der Waals surface area contributed by atoms with E-state index in [-0.39, 0.29) is 24.4 Å². The van der Waals surface area contributed by atoms with Gasteiger partial charge in [0, 0.05) is 19.0 Å². The summed E-state index contributed by atoms with van der Waals surface area (Å²) in [4.78, 5) is 0. The molecule has 2 unspecified atom stereocenters. The summed E-state index contributed by atoms with van der Waals surface area (Å²) in [6, 6.07) is 10.2. The summed E-state index contributed by atoms with van der Waals surface area (Å²) in [5.74, 6) is 0.284. The number of benzene rings is 1. The maximum absolute atomic E-state index is 9.58. The molecule has 1 aromatic rings. The molecule has 0 aromatic heterocycles. The Morgan fingerprint density at radius 3 is 2.38 bits per heavy atom. The zero-order valence-corrected chi connectivity index (χ0v) is 8.13. The quantitative estimate of drug-likeness (QED) is 0.712. The lowest BCUT2D eigenvalue weighted by molar-refractivity contribution is 0.178. The summed E-state index contributed by atoms with van der Waals surface area (Å²) in [6.45, 7) is 1.62. The van der Waals surface area contributed by atoms with Crippen molar-refractivity contribution in [2.24, 2.45) is 0 Å². The van der Waals surface area contributed by atoms with Crippen LogP contribution in [0, 0.1) is 0 Å². The Bertz CT molecular complexity index is 252. The van der Waals surface area contributed by atoms with Crippen LogP contribution in [-0.4, -0.2) is 24.3 Å². The Labute approximate surface area is 84.4 Å². The van der Waals surface area contributed by atoms with Gasteiger partial charge in [-0.1, -0.05) is 30.3 Å². The van der Waals surface area contributed by atoms with Crippen LogP contribution in [0.4, 0.5) is 0 Å². The van der Waals surface area contributed by atoms with E-state index >= 15 is 0 Å². The molecule has 0 saturated carbocycles. The van der Waals surface area contributed by atoms with E-state index in [2.05, 4.69) is 17.4 Å². The molecule has 2 atom stereocenters. The minimum atomic E-state index is -0.215. The molecule has 0 aliphatic carbocycles. The van der Waals surface area contributed by atoms with Crippen LogP contribution in [0.2, 0.25) is 0 Å². The SMILES string of the molecule is Cl.OC1CNCC1c1ccccc1. The van der Waals surface area contributed by atoms with Gasteiger partial charge < -0.3 is 10.4 Å². The van der Waals surface area contributed by atoms with Crippen molar-refractivity contribution < 1.29 is 5.11 Å². The fourth-order valence-electron chi connectivity index (χ4n) is 1.71. The van der Waals surface area contributed by atoms with E-state index in [1.54, 1.807) is 0 Å². The highest BCUT2D eigenvalue weighted by molar-refractivity contribution is 5.85. The van der Waals surface area contributed by atoms with Gasteiger partial charge in [-0.05, 0) is 5.56 Å². The fraction of sp³-hybridized carbons (Fsp3) is 0.400. The monoisotopic (exact) mass is 199 g/mol. The largest absolute Gasteiger partial charge is 0.391 e. The highest BCUT2D eigenvalue weighted by Crippen LogP contribution is 2.21. The molecule has 13 heavy (non-hydrogen) atoms. The predicted molar refractivity (Wildman–Crippen MR) is 55.3 cm³/mol. The molecule has 0 radical (unpaired) electrons. The number of β-amino-alcohol motifs (C(OH)–C–C–N with tert-alkyl or cyclic N) is 1. The second-order valence-corrected chi connectivity index (χ2v) is 3.24. The molecule has 2 N–H and O–H groups in total. The Balaban J connectivity index is 0.000000845. The van der Waals surface area contributed by atoms with E-state index in [0.29, 0.717) is 0 Å². The molecule has 3 heteroatoms. The van der Waals surface area contributed by atoms with Crippen LogP contribution in [0.3, 0.4) is 0 Å². The number of hydrogen-bond donors (Lipinski definition) is 2. The lowest BCUT2D eigenvalue weighted by Gasteiger charge is -2.12. The van der Waals surface area contributed by atoms with Gasteiger partial charge in [0.05, 0.1) is 6.10 Å². The standard InChI is InChI=1S/C10H13NO.ClH/c12-10-7-11-6-9(10)8-4-2-1-3-5-8;/h1-5,9-12H,6-7H2;1H. The number of halogens is 1. The van der Waals surface area contributed by atoms with Crippen LogP contribution >= 0.6 is 12.4 Å². The molecule has 72 valence electrons. The normalized spacial score (nSPS) is 26.8. The number of aliphatic hydroxyl groups is 1. The van der Waals surface area contributed by atoms with Crippen LogP contribution in [0.25, 0.3) is 0 Å². The smallest absolute Gasteiger partial charge is 0.0745 e. The number of hydrogen-bond acceptors (Lipinski definition) is 2. The lowest BCUT2D eigenvalue weighted by Crippen LogP contribution is -2.15. The molecule has 0 amide bonds. The Kier molecular flexibility index (Phi) is 3.72. The maximum Gasteiger partial charge on any atom is 0.0745 e. The Morgan fingerprint density at radius 2 is 1.85 bits per heavy atom. The van der Waals surface area contributed by atoms with Crippen LogP contribution in [0.15, 0.2) is 30.3 Å². The van der Waals surface area contributed by atoms with Crippen molar-refractivity contribution in [2.45, 2.75) is 12.0 Å². The molecule has 1 aliphatic heterocycles. The second-order valence-electron chi connectivity index (χ2n) is 3.24. The highest BCUT2D eigenvalue weighted by atomic mass is 35.5. The van der Waals surface area contributed by atoms with Crippen molar-refractivity contribution in [3.05, 3.63) is 35.9 Å². The third-order valence-electron chi connectivity index (χ3n) is 2.41. The highest BCUT2D eigenvalue weighted by Gasteiger charge is 2.25. The van der Waals surface area contributed by atoms with Gasteiger partial charge in [0.25, 0.3) is 0 Å².